The van der Waals surface area contributed by atoms with Crippen LogP contribution in [-0.2, 0) is 17.8 Å². The van der Waals surface area contributed by atoms with Gasteiger partial charge in [-0.25, -0.2) is 0 Å². The van der Waals surface area contributed by atoms with Crippen molar-refractivity contribution in [1.82, 2.24) is 5.32 Å². The fraction of sp³-hybridized carbons (Fsp3) is 0.533. The molecule has 0 fully saturated rings. The standard InChI is InChI=1S/C15H20BrNO2/c1-2-3-4-5-14(18)17-10-12-9-13(16)8-11-6-7-19-15(11)12/h8-9H,2-7,10H2,1H3,(H,17,18). The molecule has 1 aromatic carbocycles. The number of carbonyl (C=O) groups is 1. The highest BCUT2D eigenvalue weighted by Crippen LogP contribution is 2.32. The number of fused-ring (bicyclic) bond motifs is 1. The van der Waals surface area contributed by atoms with E-state index in [9.17, 15) is 4.79 Å². The zero-order valence-electron chi connectivity index (χ0n) is 11.3. The first-order chi connectivity index (χ1) is 9.20. The van der Waals surface area contributed by atoms with Crippen LogP contribution in [0.4, 0.5) is 0 Å². The summed E-state index contributed by atoms with van der Waals surface area (Å²) in [5.41, 5.74) is 2.29. The molecule has 0 saturated heterocycles. The number of carbonyl (C=O) groups excluding carboxylic acids is 1. The second-order valence-electron chi connectivity index (χ2n) is 4.89. The first kappa shape index (κ1) is 14.4. The molecule has 1 aliphatic rings. The molecule has 4 heteroatoms. The van der Waals surface area contributed by atoms with Gasteiger partial charge in [-0.2, -0.15) is 0 Å². The third-order valence-electron chi connectivity index (χ3n) is 3.31. The van der Waals surface area contributed by atoms with E-state index in [-0.39, 0.29) is 5.91 Å². The van der Waals surface area contributed by atoms with Gasteiger partial charge in [0.1, 0.15) is 5.75 Å². The van der Waals surface area contributed by atoms with Crippen molar-refractivity contribution in [3.8, 4) is 5.75 Å². The van der Waals surface area contributed by atoms with Gasteiger partial charge in [0.05, 0.1) is 6.61 Å². The monoisotopic (exact) mass is 325 g/mol. The minimum atomic E-state index is 0.125. The van der Waals surface area contributed by atoms with E-state index in [1.165, 1.54) is 5.56 Å². The van der Waals surface area contributed by atoms with Gasteiger partial charge < -0.3 is 10.1 Å². The van der Waals surface area contributed by atoms with E-state index in [1.807, 2.05) is 6.07 Å². The van der Waals surface area contributed by atoms with Crippen LogP contribution in [0.15, 0.2) is 16.6 Å². The van der Waals surface area contributed by atoms with Crippen LogP contribution in [0, 0.1) is 0 Å². The highest BCUT2D eigenvalue weighted by atomic mass is 79.9. The van der Waals surface area contributed by atoms with Crippen LogP contribution >= 0.6 is 15.9 Å². The van der Waals surface area contributed by atoms with Crippen molar-refractivity contribution in [2.24, 2.45) is 0 Å². The summed E-state index contributed by atoms with van der Waals surface area (Å²) >= 11 is 3.51. The third kappa shape index (κ3) is 3.96. The Kier molecular flexibility index (Phi) is 5.25. The van der Waals surface area contributed by atoms with Crippen LogP contribution in [0.1, 0.15) is 43.7 Å². The molecule has 0 spiro atoms. The van der Waals surface area contributed by atoms with Crippen LogP contribution in [0.2, 0.25) is 0 Å². The highest BCUT2D eigenvalue weighted by molar-refractivity contribution is 9.10. The number of nitrogens with one attached hydrogen (secondary N) is 1. The van der Waals surface area contributed by atoms with E-state index in [2.05, 4.69) is 34.2 Å². The molecule has 1 aliphatic heterocycles. The maximum Gasteiger partial charge on any atom is 0.220 e. The summed E-state index contributed by atoms with van der Waals surface area (Å²) in [6.07, 6.45) is 4.79. The van der Waals surface area contributed by atoms with Crippen molar-refractivity contribution in [2.45, 2.75) is 45.6 Å². The topological polar surface area (TPSA) is 38.3 Å². The van der Waals surface area contributed by atoms with Gasteiger partial charge in [0.25, 0.3) is 0 Å². The molecule has 1 amide bonds. The molecule has 19 heavy (non-hydrogen) atoms. The average Bonchev–Trinajstić information content (AvgIpc) is 2.84. The van der Waals surface area contributed by atoms with Gasteiger partial charge >= 0.3 is 0 Å². The lowest BCUT2D eigenvalue weighted by molar-refractivity contribution is -0.121. The first-order valence-corrected chi connectivity index (χ1v) is 7.70. The lowest BCUT2D eigenvalue weighted by atomic mass is 10.1. The Morgan fingerprint density at radius 3 is 3.05 bits per heavy atom. The second-order valence-corrected chi connectivity index (χ2v) is 5.80. The maximum absolute atomic E-state index is 11.7. The van der Waals surface area contributed by atoms with Crippen LogP contribution in [-0.4, -0.2) is 12.5 Å². The fourth-order valence-corrected chi connectivity index (χ4v) is 2.85. The summed E-state index contributed by atoms with van der Waals surface area (Å²) in [4.78, 5) is 11.7. The summed E-state index contributed by atoms with van der Waals surface area (Å²) < 4.78 is 6.69. The van der Waals surface area contributed by atoms with Crippen molar-refractivity contribution in [3.63, 3.8) is 0 Å². The normalized spacial score (nSPS) is 12.9. The summed E-state index contributed by atoms with van der Waals surface area (Å²) in [5, 5.41) is 2.98. The predicted molar refractivity (Wildman–Crippen MR) is 79.3 cm³/mol. The minimum Gasteiger partial charge on any atom is -0.493 e. The summed E-state index contributed by atoms with van der Waals surface area (Å²) in [6.45, 7) is 3.43. The number of rotatable bonds is 6. The molecule has 2 rings (SSSR count). The van der Waals surface area contributed by atoms with E-state index in [0.717, 1.165) is 48.1 Å². The molecule has 104 valence electrons. The smallest absolute Gasteiger partial charge is 0.220 e. The molecule has 1 aromatic rings. The Hall–Kier alpha value is -1.03. The molecule has 0 atom stereocenters. The van der Waals surface area contributed by atoms with Gasteiger partial charge in [-0.1, -0.05) is 35.7 Å². The van der Waals surface area contributed by atoms with Crippen LogP contribution in [0.3, 0.4) is 0 Å². The number of ether oxygens (including phenoxy) is 1. The van der Waals surface area contributed by atoms with Crippen LogP contribution in [0.5, 0.6) is 5.75 Å². The van der Waals surface area contributed by atoms with Gasteiger partial charge in [-0.3, -0.25) is 4.79 Å². The molecule has 0 saturated carbocycles. The second kappa shape index (κ2) is 6.94. The van der Waals surface area contributed by atoms with Crippen molar-refractivity contribution < 1.29 is 9.53 Å². The molecule has 0 aliphatic carbocycles. The molecule has 1 N–H and O–H groups in total. The summed E-state index contributed by atoms with van der Waals surface area (Å²) in [5.74, 6) is 1.08. The Labute approximate surface area is 122 Å². The average molecular weight is 326 g/mol. The van der Waals surface area contributed by atoms with Gasteiger partial charge in [0, 0.05) is 29.4 Å². The van der Waals surface area contributed by atoms with Gasteiger partial charge in [-0.05, 0) is 24.1 Å². The summed E-state index contributed by atoms with van der Waals surface area (Å²) in [6, 6.07) is 4.12. The minimum absolute atomic E-state index is 0.125. The zero-order chi connectivity index (χ0) is 13.7. The number of hydrogen-bond acceptors (Lipinski definition) is 2. The van der Waals surface area contributed by atoms with E-state index < -0.39 is 0 Å². The Morgan fingerprint density at radius 1 is 1.42 bits per heavy atom. The molecule has 0 radical (unpaired) electrons. The van der Waals surface area contributed by atoms with Gasteiger partial charge in [-0.15, -0.1) is 0 Å². The Morgan fingerprint density at radius 2 is 2.26 bits per heavy atom. The molecular weight excluding hydrogens is 306 g/mol. The molecular formula is C15H20BrNO2. The van der Waals surface area contributed by atoms with Crippen LogP contribution in [0.25, 0.3) is 0 Å². The SMILES string of the molecule is CCCCCC(=O)NCc1cc(Br)cc2c1OCC2. The van der Waals surface area contributed by atoms with Gasteiger partial charge in [0.15, 0.2) is 0 Å². The lowest BCUT2D eigenvalue weighted by Gasteiger charge is -2.10. The molecule has 0 unspecified atom stereocenters. The zero-order valence-corrected chi connectivity index (χ0v) is 12.9. The molecule has 0 bridgehead atoms. The third-order valence-corrected chi connectivity index (χ3v) is 3.77. The number of hydrogen-bond donors (Lipinski definition) is 1. The largest absolute Gasteiger partial charge is 0.493 e. The Balaban J connectivity index is 1.91. The quantitative estimate of drug-likeness (QED) is 0.812. The number of benzene rings is 1. The van der Waals surface area contributed by atoms with Crippen LogP contribution < -0.4 is 10.1 Å². The van der Waals surface area contributed by atoms with E-state index in [1.54, 1.807) is 0 Å². The van der Waals surface area contributed by atoms with Crippen molar-refractivity contribution in [2.75, 3.05) is 6.61 Å². The van der Waals surface area contributed by atoms with E-state index in [0.29, 0.717) is 13.0 Å². The predicted octanol–water partition coefficient (Wildman–Crippen LogP) is 3.58. The summed E-state index contributed by atoms with van der Waals surface area (Å²) in [7, 11) is 0. The van der Waals surface area contributed by atoms with E-state index in [4.69, 9.17) is 4.74 Å². The maximum atomic E-state index is 11.7. The Bertz CT molecular complexity index is 460. The first-order valence-electron chi connectivity index (χ1n) is 6.91. The molecule has 1 heterocycles. The lowest BCUT2D eigenvalue weighted by Crippen LogP contribution is -2.22. The highest BCUT2D eigenvalue weighted by Gasteiger charge is 2.17. The molecule has 3 nitrogen and oxygen atoms in total. The number of halogens is 1. The van der Waals surface area contributed by atoms with Crippen molar-refractivity contribution in [3.05, 3.63) is 27.7 Å². The van der Waals surface area contributed by atoms with Gasteiger partial charge in [0.2, 0.25) is 5.91 Å². The van der Waals surface area contributed by atoms with Crippen molar-refractivity contribution in [1.29, 1.82) is 0 Å². The van der Waals surface area contributed by atoms with E-state index >= 15 is 0 Å². The molecule has 0 aromatic heterocycles. The number of amides is 1. The number of unbranched alkanes of at least 4 members (excludes halogenated alkanes) is 2. The van der Waals surface area contributed by atoms with Crippen molar-refractivity contribution >= 4 is 21.8 Å². The fourth-order valence-electron chi connectivity index (χ4n) is 2.30.